The molecule has 0 aromatic heterocycles. The summed E-state index contributed by atoms with van der Waals surface area (Å²) in [6.07, 6.45) is 4.02. The van der Waals surface area contributed by atoms with Gasteiger partial charge in [-0.2, -0.15) is 0 Å². The molecule has 2 fully saturated rings. The Hall–Kier alpha value is -0.650. The highest BCUT2D eigenvalue weighted by Gasteiger charge is 2.37. The second-order valence-corrected chi connectivity index (χ2v) is 6.07. The van der Waals surface area contributed by atoms with Crippen LogP contribution < -0.4 is 0 Å². The van der Waals surface area contributed by atoms with Crippen LogP contribution in [0.2, 0.25) is 0 Å². The van der Waals surface area contributed by atoms with E-state index in [1.165, 1.54) is 0 Å². The lowest BCUT2D eigenvalue weighted by molar-refractivity contribution is -0.160. The predicted molar refractivity (Wildman–Crippen MR) is 77.7 cm³/mol. The topological polar surface area (TPSA) is 42.0 Å². The van der Waals surface area contributed by atoms with E-state index in [1.807, 2.05) is 18.9 Å². The molecule has 0 unspecified atom stereocenters. The summed E-state index contributed by atoms with van der Waals surface area (Å²) in [6, 6.07) is 0. The first-order valence-corrected chi connectivity index (χ1v) is 7.81. The molecule has 0 saturated carbocycles. The Bertz CT molecular complexity index is 310. The van der Waals surface area contributed by atoms with Crippen molar-refractivity contribution in [2.45, 2.75) is 38.2 Å². The van der Waals surface area contributed by atoms with Crippen molar-refractivity contribution >= 4 is 5.91 Å². The number of nitrogens with zero attached hydrogens (tertiary/aromatic N) is 2. The van der Waals surface area contributed by atoms with Gasteiger partial charge in [0.15, 0.2) is 0 Å². The van der Waals surface area contributed by atoms with Crippen LogP contribution in [-0.4, -0.2) is 74.4 Å². The Morgan fingerprint density at radius 2 is 2.00 bits per heavy atom. The van der Waals surface area contributed by atoms with E-state index in [0.717, 1.165) is 65.1 Å². The van der Waals surface area contributed by atoms with Crippen molar-refractivity contribution < 1.29 is 14.3 Å². The molecule has 0 aromatic rings. The van der Waals surface area contributed by atoms with Gasteiger partial charge in [0.25, 0.3) is 5.91 Å². The summed E-state index contributed by atoms with van der Waals surface area (Å²) in [5.74, 6) is 0.138. The number of hydrogen-bond donors (Lipinski definition) is 0. The van der Waals surface area contributed by atoms with Gasteiger partial charge in [-0.25, -0.2) is 0 Å². The van der Waals surface area contributed by atoms with Crippen molar-refractivity contribution in [3.8, 4) is 0 Å². The summed E-state index contributed by atoms with van der Waals surface area (Å²) >= 11 is 0. The van der Waals surface area contributed by atoms with E-state index in [0.29, 0.717) is 6.61 Å². The first-order chi connectivity index (χ1) is 9.62. The SMILES string of the molecule is CN(CCCN1CCOCC1)C(=O)[C@@]1(C)CCCCO1. The maximum absolute atomic E-state index is 12.5. The lowest BCUT2D eigenvalue weighted by Gasteiger charge is -2.36. The molecule has 1 amide bonds. The summed E-state index contributed by atoms with van der Waals surface area (Å²) in [7, 11) is 1.89. The normalized spacial score (nSPS) is 28.3. The van der Waals surface area contributed by atoms with Crippen molar-refractivity contribution in [2.75, 3.05) is 53.0 Å². The summed E-state index contributed by atoms with van der Waals surface area (Å²) in [5.41, 5.74) is -0.591. The lowest BCUT2D eigenvalue weighted by Crippen LogP contribution is -2.49. The maximum atomic E-state index is 12.5. The van der Waals surface area contributed by atoms with Gasteiger partial charge in [0.2, 0.25) is 0 Å². The van der Waals surface area contributed by atoms with Crippen LogP contribution in [-0.2, 0) is 14.3 Å². The zero-order chi connectivity index (χ0) is 14.4. The third-order valence-electron chi connectivity index (χ3n) is 4.34. The third-order valence-corrected chi connectivity index (χ3v) is 4.34. The molecular formula is C15H28N2O3. The average molecular weight is 284 g/mol. The van der Waals surface area contributed by atoms with Gasteiger partial charge in [-0.1, -0.05) is 0 Å². The van der Waals surface area contributed by atoms with Gasteiger partial charge in [-0.15, -0.1) is 0 Å². The number of morpholine rings is 1. The minimum atomic E-state index is -0.591. The Balaban J connectivity index is 1.70. The van der Waals surface area contributed by atoms with E-state index in [9.17, 15) is 4.79 Å². The summed E-state index contributed by atoms with van der Waals surface area (Å²) in [6.45, 7) is 8.18. The Morgan fingerprint density at radius 1 is 1.25 bits per heavy atom. The van der Waals surface area contributed by atoms with Crippen molar-refractivity contribution in [2.24, 2.45) is 0 Å². The zero-order valence-corrected chi connectivity index (χ0v) is 12.9. The van der Waals surface area contributed by atoms with Crippen LogP contribution in [0, 0.1) is 0 Å². The van der Waals surface area contributed by atoms with Gasteiger partial charge in [0, 0.05) is 39.8 Å². The molecule has 20 heavy (non-hydrogen) atoms. The van der Waals surface area contributed by atoms with E-state index in [2.05, 4.69) is 4.90 Å². The van der Waals surface area contributed by atoms with Crippen molar-refractivity contribution in [3.63, 3.8) is 0 Å². The highest BCUT2D eigenvalue weighted by Crippen LogP contribution is 2.26. The molecule has 116 valence electrons. The third kappa shape index (κ3) is 4.17. The van der Waals surface area contributed by atoms with Crippen LogP contribution in [0.25, 0.3) is 0 Å². The van der Waals surface area contributed by atoms with Crippen LogP contribution in [0.5, 0.6) is 0 Å². The fourth-order valence-electron chi connectivity index (χ4n) is 2.96. The van der Waals surface area contributed by atoms with Crippen molar-refractivity contribution in [3.05, 3.63) is 0 Å². The molecule has 0 aromatic carbocycles. The molecule has 0 spiro atoms. The van der Waals surface area contributed by atoms with Crippen LogP contribution >= 0.6 is 0 Å². The van der Waals surface area contributed by atoms with Crippen LogP contribution in [0.1, 0.15) is 32.6 Å². The van der Waals surface area contributed by atoms with Gasteiger partial charge in [0.1, 0.15) is 5.60 Å². The molecule has 0 radical (unpaired) electrons. The van der Waals surface area contributed by atoms with E-state index in [1.54, 1.807) is 0 Å². The number of ether oxygens (including phenoxy) is 2. The number of amides is 1. The maximum Gasteiger partial charge on any atom is 0.254 e. The largest absolute Gasteiger partial charge is 0.379 e. The molecule has 0 aliphatic carbocycles. The number of rotatable bonds is 5. The quantitative estimate of drug-likeness (QED) is 0.759. The number of carbonyl (C=O) groups is 1. The van der Waals surface area contributed by atoms with Gasteiger partial charge in [0.05, 0.1) is 13.2 Å². The molecule has 1 atom stereocenters. The fraction of sp³-hybridized carbons (Fsp3) is 0.933. The first kappa shape index (κ1) is 15.7. The van der Waals surface area contributed by atoms with Gasteiger partial charge in [-0.05, 0) is 32.6 Å². The van der Waals surface area contributed by atoms with Crippen molar-refractivity contribution in [1.29, 1.82) is 0 Å². The highest BCUT2D eigenvalue weighted by atomic mass is 16.5. The van der Waals surface area contributed by atoms with E-state index < -0.39 is 5.60 Å². The molecule has 5 heteroatoms. The molecule has 5 nitrogen and oxygen atoms in total. The lowest BCUT2D eigenvalue weighted by atomic mass is 9.94. The molecule has 2 aliphatic heterocycles. The Labute approximate surface area is 122 Å². The smallest absolute Gasteiger partial charge is 0.254 e. The highest BCUT2D eigenvalue weighted by molar-refractivity contribution is 5.84. The van der Waals surface area contributed by atoms with E-state index >= 15 is 0 Å². The first-order valence-electron chi connectivity index (χ1n) is 7.81. The van der Waals surface area contributed by atoms with Crippen LogP contribution in [0.4, 0.5) is 0 Å². The second-order valence-electron chi connectivity index (χ2n) is 6.07. The number of likely N-dealkylation sites (N-methyl/N-ethyl adjacent to an activating group) is 1. The number of carbonyl (C=O) groups excluding carboxylic acids is 1. The standard InChI is InChI=1S/C15H28N2O3/c1-15(6-3-4-11-20-15)14(18)16(2)7-5-8-17-9-12-19-13-10-17/h3-13H2,1-2H3/t15-/m1/s1. The molecule has 2 saturated heterocycles. The van der Waals surface area contributed by atoms with Gasteiger partial charge in [-0.3, -0.25) is 9.69 Å². The molecule has 2 aliphatic rings. The summed E-state index contributed by atoms with van der Waals surface area (Å²) < 4.78 is 11.1. The molecule has 0 N–H and O–H groups in total. The van der Waals surface area contributed by atoms with E-state index in [-0.39, 0.29) is 5.91 Å². The van der Waals surface area contributed by atoms with Gasteiger partial charge < -0.3 is 14.4 Å². The Morgan fingerprint density at radius 3 is 2.65 bits per heavy atom. The predicted octanol–water partition coefficient (Wildman–Crippen LogP) is 1.13. The second kappa shape index (κ2) is 7.38. The molecule has 2 heterocycles. The van der Waals surface area contributed by atoms with Crippen LogP contribution in [0.15, 0.2) is 0 Å². The summed E-state index contributed by atoms with van der Waals surface area (Å²) in [4.78, 5) is 16.7. The minimum Gasteiger partial charge on any atom is -0.379 e. The zero-order valence-electron chi connectivity index (χ0n) is 12.9. The fourth-order valence-corrected chi connectivity index (χ4v) is 2.96. The Kier molecular flexibility index (Phi) is 5.81. The summed E-state index contributed by atoms with van der Waals surface area (Å²) in [5, 5.41) is 0. The van der Waals surface area contributed by atoms with E-state index in [4.69, 9.17) is 9.47 Å². The molecule has 2 rings (SSSR count). The van der Waals surface area contributed by atoms with Gasteiger partial charge >= 0.3 is 0 Å². The number of hydrogen-bond acceptors (Lipinski definition) is 4. The average Bonchev–Trinajstić information content (AvgIpc) is 2.48. The monoisotopic (exact) mass is 284 g/mol. The van der Waals surface area contributed by atoms with Crippen molar-refractivity contribution in [1.82, 2.24) is 9.80 Å². The molecule has 0 bridgehead atoms. The minimum absolute atomic E-state index is 0.138. The van der Waals surface area contributed by atoms with Crippen LogP contribution in [0.3, 0.4) is 0 Å². The molecular weight excluding hydrogens is 256 g/mol.